The number of carbonyl (C=O) groups excluding carboxylic acids is 4. The number of benzene rings is 2. The predicted octanol–water partition coefficient (Wildman–Crippen LogP) is 1.59. The van der Waals surface area contributed by atoms with Crippen molar-refractivity contribution in [3.8, 4) is 5.75 Å². The summed E-state index contributed by atoms with van der Waals surface area (Å²) in [5.41, 5.74) is 0.965. The maximum atomic E-state index is 13.0. The van der Waals surface area contributed by atoms with Gasteiger partial charge in [0.05, 0.1) is 13.2 Å². The van der Waals surface area contributed by atoms with E-state index in [9.17, 15) is 23.6 Å². The Morgan fingerprint density at radius 1 is 1.06 bits per heavy atom. The standard InChI is InChI=1S/C24H23FN4O6/c25-17-3-5-18(6-4-17)26-21(30)14-29-23(32)20(27-24(29)33)13-16-1-7-19(8-2-16)35-15-22(31)28-9-11-34-12-10-28/h1-8,13H,9-12,14-15H2,(H,26,30)(H,27,33)/b20-13-. The predicted molar refractivity (Wildman–Crippen MR) is 123 cm³/mol. The highest BCUT2D eigenvalue weighted by Crippen LogP contribution is 2.18. The Bertz CT molecular complexity index is 1140. The van der Waals surface area contributed by atoms with Crippen LogP contribution >= 0.6 is 0 Å². The number of hydrogen-bond donors (Lipinski definition) is 2. The van der Waals surface area contributed by atoms with Crippen molar-refractivity contribution in [1.82, 2.24) is 15.1 Å². The van der Waals surface area contributed by atoms with Gasteiger partial charge in [-0.05, 0) is 48.0 Å². The van der Waals surface area contributed by atoms with Gasteiger partial charge >= 0.3 is 6.03 Å². The molecule has 2 saturated heterocycles. The van der Waals surface area contributed by atoms with Gasteiger partial charge in [-0.1, -0.05) is 12.1 Å². The molecule has 2 aliphatic rings. The fraction of sp³-hybridized carbons (Fsp3) is 0.250. The van der Waals surface area contributed by atoms with Crippen molar-refractivity contribution in [2.24, 2.45) is 0 Å². The van der Waals surface area contributed by atoms with Gasteiger partial charge < -0.3 is 25.0 Å². The molecule has 2 heterocycles. The molecular formula is C24H23FN4O6. The van der Waals surface area contributed by atoms with E-state index in [1.807, 2.05) is 0 Å². The molecule has 0 bridgehead atoms. The molecule has 0 unspecified atom stereocenters. The number of nitrogens with one attached hydrogen (secondary N) is 2. The lowest BCUT2D eigenvalue weighted by Crippen LogP contribution is -2.42. The third-order valence-corrected chi connectivity index (χ3v) is 5.31. The summed E-state index contributed by atoms with van der Waals surface area (Å²) in [6.45, 7) is 1.52. The van der Waals surface area contributed by atoms with Gasteiger partial charge in [0.15, 0.2) is 6.61 Å². The lowest BCUT2D eigenvalue weighted by atomic mass is 10.2. The summed E-state index contributed by atoms with van der Waals surface area (Å²) in [6.07, 6.45) is 1.47. The number of anilines is 1. The van der Waals surface area contributed by atoms with E-state index in [1.165, 1.54) is 30.3 Å². The zero-order valence-corrected chi connectivity index (χ0v) is 18.7. The van der Waals surface area contributed by atoms with Crippen LogP contribution in [0.15, 0.2) is 54.2 Å². The molecule has 0 saturated carbocycles. The Morgan fingerprint density at radius 2 is 1.74 bits per heavy atom. The molecule has 0 aliphatic carbocycles. The van der Waals surface area contributed by atoms with E-state index in [2.05, 4.69) is 10.6 Å². The number of carbonyl (C=O) groups is 4. The van der Waals surface area contributed by atoms with Crippen molar-refractivity contribution in [3.05, 3.63) is 65.6 Å². The first-order chi connectivity index (χ1) is 16.9. The Hall–Kier alpha value is -4.25. The van der Waals surface area contributed by atoms with Gasteiger partial charge in [-0.15, -0.1) is 0 Å². The molecule has 2 aromatic carbocycles. The minimum atomic E-state index is -0.725. The number of ether oxygens (including phenoxy) is 2. The van der Waals surface area contributed by atoms with Crippen molar-refractivity contribution in [2.75, 3.05) is 44.8 Å². The second-order valence-corrected chi connectivity index (χ2v) is 7.79. The molecule has 4 rings (SSSR count). The summed E-state index contributed by atoms with van der Waals surface area (Å²) in [5.74, 6) is -1.35. The second kappa shape index (κ2) is 10.8. The lowest BCUT2D eigenvalue weighted by molar-refractivity contribution is -0.137. The number of hydrogen-bond acceptors (Lipinski definition) is 6. The average molecular weight is 482 g/mol. The monoisotopic (exact) mass is 482 g/mol. The number of urea groups is 1. The van der Waals surface area contributed by atoms with E-state index in [0.29, 0.717) is 43.3 Å². The molecule has 11 heteroatoms. The van der Waals surface area contributed by atoms with Crippen LogP contribution in [-0.4, -0.2) is 73.0 Å². The minimum Gasteiger partial charge on any atom is -0.484 e. The van der Waals surface area contributed by atoms with Gasteiger partial charge in [0.1, 0.15) is 23.8 Å². The summed E-state index contributed by atoms with van der Waals surface area (Å²) >= 11 is 0. The zero-order valence-electron chi connectivity index (χ0n) is 18.7. The molecule has 0 aromatic heterocycles. The maximum absolute atomic E-state index is 13.0. The van der Waals surface area contributed by atoms with Gasteiger partial charge in [-0.3, -0.25) is 14.4 Å². The van der Waals surface area contributed by atoms with Gasteiger partial charge in [0.25, 0.3) is 11.8 Å². The largest absolute Gasteiger partial charge is 0.484 e. The Labute approximate surface area is 200 Å². The molecule has 0 radical (unpaired) electrons. The van der Waals surface area contributed by atoms with Crippen LogP contribution < -0.4 is 15.4 Å². The SMILES string of the molecule is O=C(CN1C(=O)N/C(=C\c2ccc(OCC(=O)N3CCOCC3)cc2)C1=O)Nc1ccc(F)cc1. The normalized spacial score (nSPS) is 16.9. The lowest BCUT2D eigenvalue weighted by Gasteiger charge is -2.26. The van der Waals surface area contributed by atoms with Crippen molar-refractivity contribution in [3.63, 3.8) is 0 Å². The Morgan fingerprint density at radius 3 is 2.43 bits per heavy atom. The smallest absolute Gasteiger partial charge is 0.329 e. The summed E-state index contributed by atoms with van der Waals surface area (Å²) in [6, 6.07) is 11.0. The number of rotatable bonds is 7. The highest BCUT2D eigenvalue weighted by Gasteiger charge is 2.34. The van der Waals surface area contributed by atoms with E-state index in [0.717, 1.165) is 4.90 Å². The van der Waals surface area contributed by atoms with Crippen LogP contribution in [-0.2, 0) is 19.1 Å². The number of halogens is 1. The van der Waals surface area contributed by atoms with Gasteiger partial charge in [0, 0.05) is 18.8 Å². The zero-order chi connectivity index (χ0) is 24.8. The summed E-state index contributed by atoms with van der Waals surface area (Å²) in [5, 5.41) is 4.95. The third kappa shape index (κ3) is 6.21. The first kappa shape index (κ1) is 23.9. The summed E-state index contributed by atoms with van der Waals surface area (Å²) < 4.78 is 23.7. The Balaban J connectivity index is 1.31. The number of nitrogens with zero attached hydrogens (tertiary/aromatic N) is 2. The summed E-state index contributed by atoms with van der Waals surface area (Å²) in [7, 11) is 0. The molecule has 10 nitrogen and oxygen atoms in total. The van der Waals surface area contributed by atoms with Gasteiger partial charge in [-0.2, -0.15) is 0 Å². The molecule has 2 aromatic rings. The van der Waals surface area contributed by atoms with Crippen LogP contribution in [0.25, 0.3) is 6.08 Å². The second-order valence-electron chi connectivity index (χ2n) is 7.79. The maximum Gasteiger partial charge on any atom is 0.329 e. The van der Waals surface area contributed by atoms with Gasteiger partial charge in [-0.25, -0.2) is 14.1 Å². The fourth-order valence-electron chi connectivity index (χ4n) is 3.47. The average Bonchev–Trinajstić information content (AvgIpc) is 3.12. The van der Waals surface area contributed by atoms with Crippen molar-refractivity contribution < 1.29 is 33.0 Å². The van der Waals surface area contributed by atoms with E-state index >= 15 is 0 Å². The van der Waals surface area contributed by atoms with Crippen molar-refractivity contribution in [1.29, 1.82) is 0 Å². The number of imide groups is 1. The van der Waals surface area contributed by atoms with Crippen molar-refractivity contribution >= 4 is 35.5 Å². The van der Waals surface area contributed by atoms with Crippen LogP contribution in [0.3, 0.4) is 0 Å². The van der Waals surface area contributed by atoms with E-state index in [1.54, 1.807) is 29.2 Å². The highest BCUT2D eigenvalue weighted by molar-refractivity contribution is 6.15. The molecule has 5 amide bonds. The van der Waals surface area contributed by atoms with Crippen molar-refractivity contribution in [2.45, 2.75) is 0 Å². The first-order valence-electron chi connectivity index (χ1n) is 10.9. The fourth-order valence-corrected chi connectivity index (χ4v) is 3.47. The number of amides is 5. The molecule has 35 heavy (non-hydrogen) atoms. The third-order valence-electron chi connectivity index (χ3n) is 5.31. The first-order valence-corrected chi connectivity index (χ1v) is 10.9. The molecule has 2 aliphatic heterocycles. The molecule has 182 valence electrons. The van der Waals surface area contributed by atoms with Gasteiger partial charge in [0.2, 0.25) is 5.91 Å². The highest BCUT2D eigenvalue weighted by atomic mass is 19.1. The molecule has 2 fully saturated rings. The van der Waals surface area contributed by atoms with Crippen LogP contribution in [0.2, 0.25) is 0 Å². The quantitative estimate of drug-likeness (QED) is 0.457. The van der Waals surface area contributed by atoms with E-state index in [-0.39, 0.29) is 18.2 Å². The van der Waals surface area contributed by atoms with E-state index in [4.69, 9.17) is 9.47 Å². The molecular weight excluding hydrogens is 459 g/mol. The van der Waals surface area contributed by atoms with Crippen LogP contribution in [0.1, 0.15) is 5.56 Å². The summed E-state index contributed by atoms with van der Waals surface area (Å²) in [4.78, 5) is 51.7. The van der Waals surface area contributed by atoms with E-state index < -0.39 is 30.2 Å². The van der Waals surface area contributed by atoms with Crippen LogP contribution in [0.5, 0.6) is 5.75 Å². The van der Waals surface area contributed by atoms with Crippen LogP contribution in [0.4, 0.5) is 14.9 Å². The topological polar surface area (TPSA) is 117 Å². The minimum absolute atomic E-state index is 0.0146. The van der Waals surface area contributed by atoms with Crippen LogP contribution in [0, 0.1) is 5.82 Å². The molecule has 2 N–H and O–H groups in total. The number of morpholine rings is 1. The molecule has 0 spiro atoms. The Kier molecular flexibility index (Phi) is 7.36. The molecule has 0 atom stereocenters.